The van der Waals surface area contributed by atoms with Gasteiger partial charge >= 0.3 is 0 Å². The number of hydrogen-bond acceptors (Lipinski definition) is 3. The molecule has 0 unspecified atom stereocenters. The summed E-state index contributed by atoms with van der Waals surface area (Å²) in [5.74, 6) is 0. The van der Waals surface area contributed by atoms with E-state index in [0.717, 1.165) is 32.0 Å². The number of nitrogen functional groups attached to an aromatic ring is 1. The largest absolute Gasteiger partial charge is 0.399 e. The first-order valence-electron chi connectivity index (χ1n) is 4.96. The Labute approximate surface area is 83.5 Å². The summed E-state index contributed by atoms with van der Waals surface area (Å²) in [5, 5.41) is 0. The highest BCUT2D eigenvalue weighted by molar-refractivity contribution is 5.58. The van der Waals surface area contributed by atoms with Gasteiger partial charge in [0.15, 0.2) is 0 Å². The number of ether oxygens (including phenoxy) is 1. The molecule has 74 valence electrons. The molecule has 0 radical (unpaired) electrons. The van der Waals surface area contributed by atoms with Crippen LogP contribution in [0.5, 0.6) is 0 Å². The molecule has 2 saturated heterocycles. The van der Waals surface area contributed by atoms with Crippen LogP contribution in [0.3, 0.4) is 0 Å². The number of anilines is 2. The minimum Gasteiger partial charge on any atom is -0.399 e. The quantitative estimate of drug-likeness (QED) is 0.674. The monoisotopic (exact) mass is 190 g/mol. The van der Waals surface area contributed by atoms with Gasteiger partial charge in [-0.05, 0) is 18.2 Å². The third kappa shape index (κ3) is 1.09. The highest BCUT2D eigenvalue weighted by atomic mass is 16.5. The van der Waals surface area contributed by atoms with Crippen molar-refractivity contribution in [2.24, 2.45) is 5.41 Å². The van der Waals surface area contributed by atoms with E-state index in [9.17, 15) is 0 Å². The van der Waals surface area contributed by atoms with Gasteiger partial charge in [-0.1, -0.05) is 6.07 Å². The van der Waals surface area contributed by atoms with Crippen LogP contribution in [0.1, 0.15) is 0 Å². The molecule has 2 fully saturated rings. The molecule has 1 aromatic carbocycles. The van der Waals surface area contributed by atoms with E-state index in [-0.39, 0.29) is 0 Å². The molecule has 0 aromatic heterocycles. The second kappa shape index (κ2) is 2.64. The van der Waals surface area contributed by atoms with Crippen LogP contribution in [0, 0.1) is 5.41 Å². The normalized spacial score (nSPS) is 23.0. The number of nitrogens with two attached hydrogens (primary N) is 1. The SMILES string of the molecule is Nc1cccc(N2CC3(COC3)C2)c1. The number of nitrogens with zero attached hydrogens (tertiary/aromatic N) is 1. The summed E-state index contributed by atoms with van der Waals surface area (Å²) >= 11 is 0. The van der Waals surface area contributed by atoms with Gasteiger partial charge in [0.05, 0.1) is 18.6 Å². The molecule has 1 aromatic rings. The maximum absolute atomic E-state index is 5.74. The molecular formula is C11H14N2O. The van der Waals surface area contributed by atoms with Crippen LogP contribution < -0.4 is 10.6 Å². The Morgan fingerprint density at radius 3 is 2.64 bits per heavy atom. The minimum atomic E-state index is 0.477. The molecule has 3 nitrogen and oxygen atoms in total. The second-order valence-electron chi connectivity index (χ2n) is 4.44. The fraction of sp³-hybridized carbons (Fsp3) is 0.455. The lowest BCUT2D eigenvalue weighted by Gasteiger charge is -2.56. The van der Waals surface area contributed by atoms with Gasteiger partial charge in [0.1, 0.15) is 0 Å². The van der Waals surface area contributed by atoms with Gasteiger partial charge in [0.2, 0.25) is 0 Å². The Morgan fingerprint density at radius 1 is 1.29 bits per heavy atom. The van der Waals surface area contributed by atoms with Crippen molar-refractivity contribution < 1.29 is 4.74 Å². The molecule has 0 amide bonds. The predicted octanol–water partition coefficient (Wildman–Crippen LogP) is 1.11. The van der Waals surface area contributed by atoms with E-state index >= 15 is 0 Å². The summed E-state index contributed by atoms with van der Waals surface area (Å²) in [6.07, 6.45) is 0. The molecule has 3 rings (SSSR count). The Hall–Kier alpha value is -1.22. The molecular weight excluding hydrogens is 176 g/mol. The fourth-order valence-electron chi connectivity index (χ4n) is 2.24. The minimum absolute atomic E-state index is 0.477. The van der Waals surface area contributed by atoms with Crippen LogP contribution in [-0.2, 0) is 4.74 Å². The van der Waals surface area contributed by atoms with Crippen molar-refractivity contribution in [3.05, 3.63) is 24.3 Å². The molecule has 0 atom stereocenters. The third-order valence-electron chi connectivity index (χ3n) is 3.10. The number of rotatable bonds is 1. The van der Waals surface area contributed by atoms with Crippen molar-refractivity contribution in [2.75, 3.05) is 36.9 Å². The Morgan fingerprint density at radius 2 is 2.07 bits per heavy atom. The van der Waals surface area contributed by atoms with Crippen LogP contribution in [0.4, 0.5) is 11.4 Å². The van der Waals surface area contributed by atoms with Crippen LogP contribution in [0.15, 0.2) is 24.3 Å². The van der Waals surface area contributed by atoms with E-state index in [1.165, 1.54) is 5.69 Å². The molecule has 3 heteroatoms. The summed E-state index contributed by atoms with van der Waals surface area (Å²) < 4.78 is 5.24. The van der Waals surface area contributed by atoms with E-state index in [0.29, 0.717) is 5.41 Å². The zero-order valence-corrected chi connectivity index (χ0v) is 8.07. The van der Waals surface area contributed by atoms with Crippen molar-refractivity contribution in [3.63, 3.8) is 0 Å². The van der Waals surface area contributed by atoms with E-state index < -0.39 is 0 Å². The van der Waals surface area contributed by atoms with Crippen LogP contribution in [0.2, 0.25) is 0 Å². The van der Waals surface area contributed by atoms with Gasteiger partial charge < -0.3 is 15.4 Å². The molecule has 14 heavy (non-hydrogen) atoms. The number of hydrogen-bond donors (Lipinski definition) is 1. The molecule has 1 spiro atoms. The average Bonchev–Trinajstić information content (AvgIpc) is 1.98. The van der Waals surface area contributed by atoms with Crippen molar-refractivity contribution in [2.45, 2.75) is 0 Å². The first-order chi connectivity index (χ1) is 6.77. The van der Waals surface area contributed by atoms with E-state index in [1.807, 2.05) is 18.2 Å². The van der Waals surface area contributed by atoms with Gasteiger partial charge in [-0.3, -0.25) is 0 Å². The van der Waals surface area contributed by atoms with Crippen molar-refractivity contribution in [1.82, 2.24) is 0 Å². The average molecular weight is 190 g/mol. The summed E-state index contributed by atoms with van der Waals surface area (Å²) in [6, 6.07) is 8.08. The standard InChI is InChI=1S/C11H14N2O/c12-9-2-1-3-10(4-9)13-5-11(6-13)7-14-8-11/h1-4H,5-8,12H2. The molecule has 0 bridgehead atoms. The van der Waals surface area contributed by atoms with Crippen LogP contribution in [-0.4, -0.2) is 26.3 Å². The van der Waals surface area contributed by atoms with Crippen LogP contribution in [0.25, 0.3) is 0 Å². The van der Waals surface area contributed by atoms with E-state index in [1.54, 1.807) is 0 Å². The Balaban J connectivity index is 1.73. The van der Waals surface area contributed by atoms with E-state index in [4.69, 9.17) is 10.5 Å². The topological polar surface area (TPSA) is 38.5 Å². The van der Waals surface area contributed by atoms with E-state index in [2.05, 4.69) is 11.0 Å². The maximum atomic E-state index is 5.74. The van der Waals surface area contributed by atoms with Crippen molar-refractivity contribution >= 4 is 11.4 Å². The Bertz CT molecular complexity index is 352. The maximum Gasteiger partial charge on any atom is 0.0579 e. The molecule has 2 N–H and O–H groups in total. The van der Waals surface area contributed by atoms with Crippen molar-refractivity contribution in [1.29, 1.82) is 0 Å². The lowest BCUT2D eigenvalue weighted by atomic mass is 9.78. The molecule has 2 aliphatic heterocycles. The first-order valence-corrected chi connectivity index (χ1v) is 4.96. The first kappa shape index (κ1) is 8.12. The summed E-state index contributed by atoms with van der Waals surface area (Å²) in [4.78, 5) is 2.36. The summed E-state index contributed by atoms with van der Waals surface area (Å²) in [6.45, 7) is 4.12. The number of benzene rings is 1. The van der Waals surface area contributed by atoms with Gasteiger partial charge in [-0.25, -0.2) is 0 Å². The fourth-order valence-corrected chi connectivity index (χ4v) is 2.24. The second-order valence-corrected chi connectivity index (χ2v) is 4.44. The highest BCUT2D eigenvalue weighted by Gasteiger charge is 2.48. The molecule has 2 heterocycles. The highest BCUT2D eigenvalue weighted by Crippen LogP contribution is 2.40. The molecule has 0 aliphatic carbocycles. The molecule has 2 aliphatic rings. The Kier molecular flexibility index (Phi) is 1.53. The van der Waals surface area contributed by atoms with Gasteiger partial charge in [0, 0.05) is 24.5 Å². The van der Waals surface area contributed by atoms with Crippen molar-refractivity contribution in [3.8, 4) is 0 Å². The predicted molar refractivity (Wildman–Crippen MR) is 56.3 cm³/mol. The third-order valence-corrected chi connectivity index (χ3v) is 3.10. The molecule has 0 saturated carbocycles. The summed E-state index contributed by atoms with van der Waals surface area (Å²) in [7, 11) is 0. The lowest BCUT2D eigenvalue weighted by Crippen LogP contribution is -2.66. The lowest BCUT2D eigenvalue weighted by molar-refractivity contribution is -0.127. The van der Waals surface area contributed by atoms with Gasteiger partial charge in [-0.2, -0.15) is 0 Å². The van der Waals surface area contributed by atoms with Gasteiger partial charge in [-0.15, -0.1) is 0 Å². The zero-order valence-electron chi connectivity index (χ0n) is 8.07. The zero-order chi connectivity index (χ0) is 9.60. The summed E-state index contributed by atoms with van der Waals surface area (Å²) in [5.41, 5.74) is 8.29. The van der Waals surface area contributed by atoms with Gasteiger partial charge in [0.25, 0.3) is 0 Å². The smallest absolute Gasteiger partial charge is 0.0579 e. The van der Waals surface area contributed by atoms with Crippen LogP contribution >= 0.6 is 0 Å².